The number of hydrogen-bond donors (Lipinski definition) is 1. The molecule has 1 aromatic carbocycles. The summed E-state index contributed by atoms with van der Waals surface area (Å²) in [4.78, 5) is 2.56. The second kappa shape index (κ2) is 5.46. The van der Waals surface area contributed by atoms with Gasteiger partial charge in [0.05, 0.1) is 0 Å². The first-order valence-corrected chi connectivity index (χ1v) is 6.31. The fraction of sp³-hybridized carbons (Fsp3) is 0.571. The largest absolute Gasteiger partial charge is 0.330 e. The van der Waals surface area contributed by atoms with Crippen molar-refractivity contribution in [2.75, 3.05) is 19.6 Å². The Morgan fingerprint density at radius 1 is 1.31 bits per heavy atom. The molecule has 0 unspecified atom stereocenters. The van der Waals surface area contributed by atoms with Crippen molar-refractivity contribution in [1.82, 2.24) is 4.90 Å². The standard InChI is InChI=1S/C14H22N2/c1-12-5-4-6-13-7-10-16(11-14(12)13)9-3-2-8-15/h4-6H,2-3,7-11,15H2,1H3. The monoisotopic (exact) mass is 218 g/mol. The van der Waals surface area contributed by atoms with E-state index < -0.39 is 0 Å². The average molecular weight is 218 g/mol. The summed E-state index contributed by atoms with van der Waals surface area (Å²) in [5, 5.41) is 0. The molecule has 0 saturated carbocycles. The summed E-state index contributed by atoms with van der Waals surface area (Å²) >= 11 is 0. The van der Waals surface area contributed by atoms with Gasteiger partial charge in [-0.25, -0.2) is 0 Å². The van der Waals surface area contributed by atoms with Gasteiger partial charge in [0.1, 0.15) is 0 Å². The third-order valence-electron chi connectivity index (χ3n) is 3.51. The highest BCUT2D eigenvalue weighted by atomic mass is 15.1. The summed E-state index contributed by atoms with van der Waals surface area (Å²) in [5.41, 5.74) is 10.1. The summed E-state index contributed by atoms with van der Waals surface area (Å²) in [6.45, 7) is 6.59. The Labute approximate surface area is 98.4 Å². The van der Waals surface area contributed by atoms with Crippen molar-refractivity contribution in [1.29, 1.82) is 0 Å². The van der Waals surface area contributed by atoms with E-state index in [0.29, 0.717) is 0 Å². The van der Waals surface area contributed by atoms with Gasteiger partial charge in [0.2, 0.25) is 0 Å². The number of benzene rings is 1. The van der Waals surface area contributed by atoms with Crippen LogP contribution in [0.5, 0.6) is 0 Å². The Bertz CT molecular complexity index is 347. The predicted octanol–water partition coefficient (Wildman–Crippen LogP) is 2.09. The zero-order chi connectivity index (χ0) is 11.4. The maximum atomic E-state index is 5.53. The van der Waals surface area contributed by atoms with E-state index in [2.05, 4.69) is 30.0 Å². The van der Waals surface area contributed by atoms with Gasteiger partial charge in [0.15, 0.2) is 0 Å². The van der Waals surface area contributed by atoms with Crippen molar-refractivity contribution in [3.8, 4) is 0 Å². The lowest BCUT2D eigenvalue weighted by atomic mass is 9.95. The van der Waals surface area contributed by atoms with Crippen molar-refractivity contribution < 1.29 is 0 Å². The Hall–Kier alpha value is -0.860. The van der Waals surface area contributed by atoms with Crippen molar-refractivity contribution in [2.24, 2.45) is 5.73 Å². The molecule has 0 fully saturated rings. The van der Waals surface area contributed by atoms with Gasteiger partial charge >= 0.3 is 0 Å². The van der Waals surface area contributed by atoms with Crippen molar-refractivity contribution >= 4 is 0 Å². The summed E-state index contributed by atoms with van der Waals surface area (Å²) in [6.07, 6.45) is 3.59. The molecule has 0 radical (unpaired) electrons. The second-order valence-electron chi connectivity index (χ2n) is 4.73. The van der Waals surface area contributed by atoms with Crippen LogP contribution in [0.3, 0.4) is 0 Å². The van der Waals surface area contributed by atoms with E-state index in [-0.39, 0.29) is 0 Å². The Kier molecular flexibility index (Phi) is 3.97. The van der Waals surface area contributed by atoms with Gasteiger partial charge in [0, 0.05) is 13.1 Å². The number of fused-ring (bicyclic) bond motifs is 1. The van der Waals surface area contributed by atoms with Crippen LogP contribution in [0.2, 0.25) is 0 Å². The van der Waals surface area contributed by atoms with E-state index in [1.807, 2.05) is 0 Å². The Morgan fingerprint density at radius 2 is 2.19 bits per heavy atom. The second-order valence-corrected chi connectivity index (χ2v) is 4.73. The van der Waals surface area contributed by atoms with E-state index in [9.17, 15) is 0 Å². The molecule has 0 atom stereocenters. The molecule has 88 valence electrons. The van der Waals surface area contributed by atoms with Crippen molar-refractivity contribution in [3.05, 3.63) is 34.9 Å². The minimum absolute atomic E-state index is 0.823. The summed E-state index contributed by atoms with van der Waals surface area (Å²) in [6, 6.07) is 6.68. The van der Waals surface area contributed by atoms with Crippen LogP contribution < -0.4 is 5.73 Å². The third kappa shape index (κ3) is 2.63. The quantitative estimate of drug-likeness (QED) is 0.784. The van der Waals surface area contributed by atoms with E-state index in [0.717, 1.165) is 19.5 Å². The molecule has 2 rings (SSSR count). The molecule has 0 spiro atoms. The summed E-state index contributed by atoms with van der Waals surface area (Å²) < 4.78 is 0. The molecule has 0 aromatic heterocycles. The van der Waals surface area contributed by atoms with Gasteiger partial charge in [0.25, 0.3) is 0 Å². The smallest absolute Gasteiger partial charge is 0.0239 e. The first-order chi connectivity index (χ1) is 7.81. The van der Waals surface area contributed by atoms with Crippen LogP contribution in [0.1, 0.15) is 29.5 Å². The third-order valence-corrected chi connectivity index (χ3v) is 3.51. The normalized spacial score (nSPS) is 16.1. The van der Waals surface area contributed by atoms with E-state index in [1.165, 1.54) is 31.5 Å². The van der Waals surface area contributed by atoms with Crippen LogP contribution in [-0.4, -0.2) is 24.5 Å². The lowest BCUT2D eigenvalue weighted by Crippen LogP contribution is -2.32. The molecule has 1 aliphatic heterocycles. The average Bonchev–Trinajstić information content (AvgIpc) is 2.30. The summed E-state index contributed by atoms with van der Waals surface area (Å²) in [5.74, 6) is 0. The number of nitrogens with two attached hydrogens (primary N) is 1. The maximum Gasteiger partial charge on any atom is 0.0239 e. The van der Waals surface area contributed by atoms with Crippen LogP contribution in [0.25, 0.3) is 0 Å². The zero-order valence-corrected chi connectivity index (χ0v) is 10.2. The van der Waals surface area contributed by atoms with Gasteiger partial charge in [-0.05, 0) is 56.0 Å². The summed E-state index contributed by atoms with van der Waals surface area (Å²) in [7, 11) is 0. The van der Waals surface area contributed by atoms with Crippen LogP contribution in [0, 0.1) is 6.92 Å². The molecule has 0 bridgehead atoms. The molecule has 1 heterocycles. The molecular formula is C14H22N2. The number of rotatable bonds is 4. The van der Waals surface area contributed by atoms with Crippen LogP contribution in [0.4, 0.5) is 0 Å². The van der Waals surface area contributed by atoms with Gasteiger partial charge in [-0.2, -0.15) is 0 Å². The number of nitrogens with zero attached hydrogens (tertiary/aromatic N) is 1. The fourth-order valence-corrected chi connectivity index (χ4v) is 2.48. The molecule has 1 aromatic rings. The molecule has 1 aliphatic rings. The van der Waals surface area contributed by atoms with Gasteiger partial charge < -0.3 is 5.73 Å². The molecule has 2 N–H and O–H groups in total. The van der Waals surface area contributed by atoms with Gasteiger partial charge in [-0.3, -0.25) is 4.90 Å². The molecule has 0 saturated heterocycles. The van der Waals surface area contributed by atoms with Crippen molar-refractivity contribution in [3.63, 3.8) is 0 Å². The highest BCUT2D eigenvalue weighted by molar-refractivity contribution is 5.35. The Morgan fingerprint density at radius 3 is 3.00 bits per heavy atom. The zero-order valence-electron chi connectivity index (χ0n) is 10.2. The van der Waals surface area contributed by atoms with Crippen LogP contribution in [-0.2, 0) is 13.0 Å². The minimum atomic E-state index is 0.823. The SMILES string of the molecule is Cc1cccc2c1CN(CCCCN)CC2. The van der Waals surface area contributed by atoms with Crippen molar-refractivity contribution in [2.45, 2.75) is 32.7 Å². The molecular weight excluding hydrogens is 196 g/mol. The minimum Gasteiger partial charge on any atom is -0.330 e. The molecule has 0 aliphatic carbocycles. The lowest BCUT2D eigenvalue weighted by molar-refractivity contribution is 0.249. The van der Waals surface area contributed by atoms with Gasteiger partial charge in [-0.1, -0.05) is 18.2 Å². The highest BCUT2D eigenvalue weighted by Gasteiger charge is 2.16. The number of aryl methyl sites for hydroxylation is 1. The number of hydrogen-bond acceptors (Lipinski definition) is 2. The van der Waals surface area contributed by atoms with E-state index in [4.69, 9.17) is 5.73 Å². The van der Waals surface area contributed by atoms with Crippen LogP contribution >= 0.6 is 0 Å². The topological polar surface area (TPSA) is 29.3 Å². The van der Waals surface area contributed by atoms with E-state index in [1.54, 1.807) is 11.1 Å². The lowest BCUT2D eigenvalue weighted by Gasteiger charge is -2.29. The Balaban J connectivity index is 1.97. The predicted molar refractivity (Wildman–Crippen MR) is 68.4 cm³/mol. The fourth-order valence-electron chi connectivity index (χ4n) is 2.48. The highest BCUT2D eigenvalue weighted by Crippen LogP contribution is 2.22. The molecule has 0 amide bonds. The van der Waals surface area contributed by atoms with E-state index >= 15 is 0 Å². The number of unbranched alkanes of at least 4 members (excludes halogenated alkanes) is 1. The molecule has 2 nitrogen and oxygen atoms in total. The molecule has 2 heteroatoms. The molecule has 16 heavy (non-hydrogen) atoms. The maximum absolute atomic E-state index is 5.53. The van der Waals surface area contributed by atoms with Gasteiger partial charge in [-0.15, -0.1) is 0 Å². The first kappa shape index (κ1) is 11.6. The van der Waals surface area contributed by atoms with Crippen LogP contribution in [0.15, 0.2) is 18.2 Å². The first-order valence-electron chi connectivity index (χ1n) is 6.31.